The van der Waals surface area contributed by atoms with E-state index in [4.69, 9.17) is 22.3 Å². The smallest absolute Gasteiger partial charge is 0.227 e. The molecular formula is C23H26ClN7O. The topological polar surface area (TPSA) is 114 Å². The molecule has 4 rings (SSSR count). The van der Waals surface area contributed by atoms with Crippen LogP contribution in [0.1, 0.15) is 24.5 Å². The van der Waals surface area contributed by atoms with E-state index in [-0.39, 0.29) is 12.6 Å². The number of halogens is 1. The Bertz CT molecular complexity index is 1190. The van der Waals surface area contributed by atoms with Gasteiger partial charge in [-0.25, -0.2) is 4.98 Å². The van der Waals surface area contributed by atoms with Crippen LogP contribution in [0.25, 0.3) is 11.2 Å². The van der Waals surface area contributed by atoms with Crippen LogP contribution in [-0.2, 0) is 13.1 Å². The molecule has 0 fully saturated rings. The van der Waals surface area contributed by atoms with Gasteiger partial charge in [-0.1, -0.05) is 48.9 Å². The number of nitrogens with one attached hydrogen (secondary N) is 2. The van der Waals surface area contributed by atoms with Crippen LogP contribution in [-0.4, -0.2) is 37.3 Å². The Kier molecular flexibility index (Phi) is 6.72. The summed E-state index contributed by atoms with van der Waals surface area (Å²) in [7, 11) is 0. The summed E-state index contributed by atoms with van der Waals surface area (Å²) in [6, 6.07) is 15.3. The van der Waals surface area contributed by atoms with Crippen LogP contribution in [0.4, 0.5) is 17.5 Å². The number of fused-ring (bicyclic) bond motifs is 1. The average Bonchev–Trinajstić information content (AvgIpc) is 3.21. The summed E-state index contributed by atoms with van der Waals surface area (Å²) in [4.78, 5) is 13.9. The van der Waals surface area contributed by atoms with Crippen molar-refractivity contribution in [3.05, 3.63) is 71.0 Å². The van der Waals surface area contributed by atoms with Crippen molar-refractivity contribution in [2.45, 2.75) is 32.5 Å². The van der Waals surface area contributed by atoms with Gasteiger partial charge in [-0.3, -0.25) is 0 Å². The summed E-state index contributed by atoms with van der Waals surface area (Å²) < 4.78 is 1.98. The maximum absolute atomic E-state index is 9.61. The van der Waals surface area contributed by atoms with Gasteiger partial charge in [0.1, 0.15) is 0 Å². The van der Waals surface area contributed by atoms with Gasteiger partial charge in [0.2, 0.25) is 5.95 Å². The zero-order chi connectivity index (χ0) is 22.5. The standard InChI is InChI=1S/C23H26ClN7O/c1-2-18(13-32)28-23-29-21(26-11-16-10-17(24)8-9-19(16)25)20-22(30-23)31(14-27-20)12-15-6-4-3-5-7-15/h3-10,14,18,32H,2,11-13,25H2,1H3,(H2,26,28,29,30). The highest BCUT2D eigenvalue weighted by molar-refractivity contribution is 6.30. The van der Waals surface area contributed by atoms with Crippen LogP contribution in [0.5, 0.6) is 0 Å². The summed E-state index contributed by atoms with van der Waals surface area (Å²) in [5.74, 6) is 1.01. The predicted molar refractivity (Wildman–Crippen MR) is 129 cm³/mol. The second kappa shape index (κ2) is 9.84. The number of hydrogen-bond donors (Lipinski definition) is 4. The Morgan fingerprint density at radius 3 is 2.72 bits per heavy atom. The van der Waals surface area contributed by atoms with Crippen molar-refractivity contribution in [3.8, 4) is 0 Å². The van der Waals surface area contributed by atoms with Crippen molar-refractivity contribution >= 4 is 40.2 Å². The number of aliphatic hydroxyl groups is 1. The fourth-order valence-corrected chi connectivity index (χ4v) is 3.59. The van der Waals surface area contributed by atoms with E-state index in [0.29, 0.717) is 46.7 Å². The molecule has 8 nitrogen and oxygen atoms in total. The van der Waals surface area contributed by atoms with Gasteiger partial charge in [0.15, 0.2) is 17.0 Å². The summed E-state index contributed by atoms with van der Waals surface area (Å²) in [6.45, 7) is 3.04. The molecule has 5 N–H and O–H groups in total. The first-order chi connectivity index (χ1) is 15.6. The fraction of sp³-hybridized carbons (Fsp3) is 0.261. The van der Waals surface area contributed by atoms with Gasteiger partial charge >= 0.3 is 0 Å². The van der Waals surface area contributed by atoms with E-state index < -0.39 is 0 Å². The minimum absolute atomic E-state index is 0.0109. The molecule has 0 saturated heterocycles. The van der Waals surface area contributed by atoms with Crippen LogP contribution < -0.4 is 16.4 Å². The Hall–Kier alpha value is -3.36. The third-order valence-electron chi connectivity index (χ3n) is 5.26. The van der Waals surface area contributed by atoms with Crippen LogP contribution >= 0.6 is 11.6 Å². The van der Waals surface area contributed by atoms with Gasteiger partial charge in [-0.2, -0.15) is 9.97 Å². The largest absolute Gasteiger partial charge is 0.398 e. The van der Waals surface area contributed by atoms with E-state index in [1.165, 1.54) is 0 Å². The van der Waals surface area contributed by atoms with Gasteiger partial charge in [0.25, 0.3) is 0 Å². The Morgan fingerprint density at radius 1 is 1.16 bits per heavy atom. The number of nitrogens with two attached hydrogens (primary N) is 1. The molecule has 0 amide bonds. The van der Waals surface area contributed by atoms with Gasteiger partial charge in [-0.05, 0) is 35.7 Å². The van der Waals surface area contributed by atoms with E-state index in [1.54, 1.807) is 18.5 Å². The van der Waals surface area contributed by atoms with Crippen molar-refractivity contribution in [1.82, 2.24) is 19.5 Å². The summed E-state index contributed by atoms with van der Waals surface area (Å²) >= 11 is 6.13. The molecule has 9 heteroatoms. The third-order valence-corrected chi connectivity index (χ3v) is 5.49. The molecule has 2 aromatic heterocycles. The zero-order valence-electron chi connectivity index (χ0n) is 17.8. The second-order valence-corrected chi connectivity index (χ2v) is 7.99. The molecule has 0 aliphatic rings. The predicted octanol–water partition coefficient (Wildman–Crippen LogP) is 3.91. The number of aromatic nitrogens is 4. The fourth-order valence-electron chi connectivity index (χ4n) is 3.39. The van der Waals surface area contributed by atoms with Crippen molar-refractivity contribution < 1.29 is 5.11 Å². The second-order valence-electron chi connectivity index (χ2n) is 7.55. The van der Waals surface area contributed by atoms with E-state index in [2.05, 4.69) is 32.7 Å². The molecule has 166 valence electrons. The molecule has 1 unspecified atom stereocenters. The maximum Gasteiger partial charge on any atom is 0.227 e. The van der Waals surface area contributed by atoms with Crippen LogP contribution in [0.2, 0.25) is 5.02 Å². The van der Waals surface area contributed by atoms with Crippen molar-refractivity contribution in [1.29, 1.82) is 0 Å². The molecule has 0 bridgehead atoms. The lowest BCUT2D eigenvalue weighted by Crippen LogP contribution is -2.24. The molecule has 1 atom stereocenters. The van der Waals surface area contributed by atoms with Crippen LogP contribution in [0.3, 0.4) is 0 Å². The van der Waals surface area contributed by atoms with E-state index in [0.717, 1.165) is 17.5 Å². The first-order valence-corrected chi connectivity index (χ1v) is 10.9. The lowest BCUT2D eigenvalue weighted by molar-refractivity contribution is 0.271. The van der Waals surface area contributed by atoms with Crippen LogP contribution in [0, 0.1) is 0 Å². The molecule has 4 aromatic rings. The van der Waals surface area contributed by atoms with Gasteiger partial charge < -0.3 is 26.0 Å². The zero-order valence-corrected chi connectivity index (χ0v) is 18.5. The Balaban J connectivity index is 1.70. The number of aliphatic hydroxyl groups excluding tert-OH is 1. The Morgan fingerprint density at radius 2 is 1.97 bits per heavy atom. The summed E-state index contributed by atoms with van der Waals surface area (Å²) in [5.41, 5.74) is 10.1. The van der Waals surface area contributed by atoms with E-state index >= 15 is 0 Å². The lowest BCUT2D eigenvalue weighted by atomic mass is 10.2. The minimum Gasteiger partial charge on any atom is -0.398 e. The van der Waals surface area contributed by atoms with E-state index in [1.807, 2.05) is 35.8 Å². The molecule has 0 aliphatic carbocycles. The van der Waals surface area contributed by atoms with Crippen LogP contribution in [0.15, 0.2) is 54.9 Å². The molecule has 2 aromatic carbocycles. The van der Waals surface area contributed by atoms with Gasteiger partial charge in [0.05, 0.1) is 25.5 Å². The first-order valence-electron chi connectivity index (χ1n) is 10.5. The SMILES string of the molecule is CCC(CO)Nc1nc(NCc2cc(Cl)ccc2N)c2ncn(Cc3ccccc3)c2n1. The minimum atomic E-state index is -0.144. The number of nitrogens with zero attached hydrogens (tertiary/aromatic N) is 4. The highest BCUT2D eigenvalue weighted by Crippen LogP contribution is 2.24. The lowest BCUT2D eigenvalue weighted by Gasteiger charge is -2.16. The average molecular weight is 452 g/mol. The molecule has 0 aliphatic heterocycles. The highest BCUT2D eigenvalue weighted by Gasteiger charge is 2.16. The molecule has 2 heterocycles. The monoisotopic (exact) mass is 451 g/mol. The molecule has 32 heavy (non-hydrogen) atoms. The number of rotatable bonds is 9. The Labute approximate surface area is 191 Å². The number of benzene rings is 2. The number of anilines is 3. The number of imidazole rings is 1. The quantitative estimate of drug-likeness (QED) is 0.285. The molecule has 0 saturated carbocycles. The van der Waals surface area contributed by atoms with Crippen molar-refractivity contribution in [2.24, 2.45) is 0 Å². The van der Waals surface area contributed by atoms with Crippen molar-refractivity contribution in [2.75, 3.05) is 23.0 Å². The molecule has 0 radical (unpaired) electrons. The van der Waals surface area contributed by atoms with Gasteiger partial charge in [0, 0.05) is 17.3 Å². The number of hydrogen-bond acceptors (Lipinski definition) is 7. The molecule has 0 spiro atoms. The summed E-state index contributed by atoms with van der Waals surface area (Å²) in [5, 5.41) is 16.8. The molecular weight excluding hydrogens is 426 g/mol. The maximum atomic E-state index is 9.61. The highest BCUT2D eigenvalue weighted by atomic mass is 35.5. The third kappa shape index (κ3) is 4.92. The van der Waals surface area contributed by atoms with Gasteiger partial charge in [-0.15, -0.1) is 0 Å². The normalized spacial score (nSPS) is 12.1. The van der Waals surface area contributed by atoms with Crippen molar-refractivity contribution in [3.63, 3.8) is 0 Å². The number of nitrogen functional groups attached to an aromatic ring is 1. The van der Waals surface area contributed by atoms with E-state index in [9.17, 15) is 5.11 Å². The summed E-state index contributed by atoms with van der Waals surface area (Å²) in [6.07, 6.45) is 2.50. The first kappa shape index (κ1) is 21.9.